The number of ether oxygens (including phenoxy) is 2. The van der Waals surface area contributed by atoms with Gasteiger partial charge in [-0.25, -0.2) is 4.79 Å². The molecule has 1 saturated carbocycles. The molecule has 0 aromatic rings. The number of amides is 2. The highest BCUT2D eigenvalue weighted by Gasteiger charge is 2.31. The number of ketones is 2. The number of hydrogen-bond donors (Lipinski definition) is 3. The van der Waals surface area contributed by atoms with Crippen LogP contribution >= 0.6 is 0 Å². The van der Waals surface area contributed by atoms with Crippen LogP contribution in [0.5, 0.6) is 0 Å². The summed E-state index contributed by atoms with van der Waals surface area (Å²) in [7, 11) is 1.47. The number of Topliss-reactive ketones (excluding diaryl/α,β-unsaturated/α-hetero) is 1. The highest BCUT2D eigenvalue weighted by molar-refractivity contribution is 6.21. The van der Waals surface area contributed by atoms with Gasteiger partial charge in [-0.1, -0.05) is 68.7 Å². The van der Waals surface area contributed by atoms with E-state index < -0.39 is 53.7 Å². The molecule has 0 saturated heterocycles. The summed E-state index contributed by atoms with van der Waals surface area (Å²) in [5, 5.41) is 16.6. The van der Waals surface area contributed by atoms with Gasteiger partial charge in [0.15, 0.2) is 5.78 Å². The maximum Gasteiger partial charge on any atom is 0.328 e. The molecule has 2 bridgehead atoms. The number of fused-ring (bicyclic) bond motifs is 2. The zero-order valence-corrected chi connectivity index (χ0v) is 27.3. The van der Waals surface area contributed by atoms with Crippen LogP contribution in [0.3, 0.4) is 0 Å². The zero-order valence-electron chi connectivity index (χ0n) is 27.3. The minimum absolute atomic E-state index is 0.0567. The van der Waals surface area contributed by atoms with E-state index in [4.69, 9.17) is 9.47 Å². The molecule has 0 aromatic heterocycles. The van der Waals surface area contributed by atoms with Gasteiger partial charge < -0.3 is 25.2 Å². The number of carbonyl (C=O) groups excluding carboxylic acids is 5. The summed E-state index contributed by atoms with van der Waals surface area (Å²) in [5.41, 5.74) is 0.803. The van der Waals surface area contributed by atoms with Crippen molar-refractivity contribution in [2.45, 2.75) is 103 Å². The normalized spacial score (nSPS) is 29.8. The Labute approximate surface area is 271 Å². The number of carbonyl (C=O) groups is 5. The molecule has 1 aliphatic heterocycles. The summed E-state index contributed by atoms with van der Waals surface area (Å²) < 4.78 is 11.3. The number of methoxy groups -OCH3 is 1. The van der Waals surface area contributed by atoms with Crippen molar-refractivity contribution in [1.82, 2.24) is 10.6 Å². The zero-order chi connectivity index (χ0) is 33.6. The van der Waals surface area contributed by atoms with Crippen LogP contribution in [0.25, 0.3) is 0 Å². The first-order valence-electron chi connectivity index (χ1n) is 16.2. The van der Waals surface area contributed by atoms with E-state index in [0.29, 0.717) is 18.4 Å². The Morgan fingerprint density at radius 1 is 1.04 bits per heavy atom. The first-order valence-corrected chi connectivity index (χ1v) is 16.2. The van der Waals surface area contributed by atoms with E-state index in [1.165, 1.54) is 13.2 Å². The largest absolute Gasteiger partial charge is 0.460 e. The molecule has 46 heavy (non-hydrogen) atoms. The Morgan fingerprint density at radius 2 is 1.76 bits per heavy atom. The molecule has 2 aliphatic carbocycles. The number of esters is 1. The van der Waals surface area contributed by atoms with Crippen LogP contribution < -0.4 is 10.6 Å². The molecular formula is C36H48N2O8. The third-order valence-corrected chi connectivity index (χ3v) is 8.65. The number of allylic oxidation sites excluding steroid dienone is 8. The molecule has 0 aromatic carbocycles. The van der Waals surface area contributed by atoms with Crippen molar-refractivity contribution in [2.24, 2.45) is 11.8 Å². The van der Waals surface area contributed by atoms with Gasteiger partial charge in [-0.05, 0) is 51.2 Å². The van der Waals surface area contributed by atoms with Gasteiger partial charge in [-0.15, -0.1) is 0 Å². The van der Waals surface area contributed by atoms with E-state index in [9.17, 15) is 29.1 Å². The Morgan fingerprint density at radius 3 is 2.48 bits per heavy atom. The highest BCUT2D eigenvalue weighted by Crippen LogP contribution is 2.25. The number of rotatable bonds is 5. The molecule has 3 rings (SSSR count). The standard InChI is InChI=1S/C36H48N2O8/c1-23-14-13-17-27-20-28(39)21-30(34(27)42)38-32(40)22-29(45-4)18-11-6-5-7-12-19-31(24(2)33(23)41)46-36(44)25(3)37-35(43)26-15-9-8-10-16-26/h5-7,11-12,14,18,20-21,24-26,29,31,33,41H,8-10,13,15-17,19,22H2,1-4H3,(H,37,43)(H,38,40)/b6-5+,12-7+,18-11+,23-14-/t24-,25+,29+,31-,33+/m0/s1. The van der Waals surface area contributed by atoms with Crippen LogP contribution in [0.4, 0.5) is 0 Å². The summed E-state index contributed by atoms with van der Waals surface area (Å²) in [6, 6.07) is -0.840. The first-order chi connectivity index (χ1) is 22.0. The van der Waals surface area contributed by atoms with Gasteiger partial charge in [0, 0.05) is 37.0 Å². The fraction of sp³-hybridized carbons (Fsp3) is 0.528. The lowest BCUT2D eigenvalue weighted by Gasteiger charge is -2.29. The van der Waals surface area contributed by atoms with E-state index in [2.05, 4.69) is 10.6 Å². The van der Waals surface area contributed by atoms with E-state index >= 15 is 0 Å². The lowest BCUT2D eigenvalue weighted by atomic mass is 9.88. The van der Waals surface area contributed by atoms with E-state index in [1.54, 1.807) is 57.2 Å². The van der Waals surface area contributed by atoms with Gasteiger partial charge >= 0.3 is 5.97 Å². The van der Waals surface area contributed by atoms with E-state index in [1.807, 2.05) is 6.08 Å². The van der Waals surface area contributed by atoms with Gasteiger partial charge in [-0.3, -0.25) is 19.2 Å². The van der Waals surface area contributed by atoms with Crippen molar-refractivity contribution >= 4 is 29.4 Å². The Hall–Kier alpha value is -3.89. The third kappa shape index (κ3) is 11.2. The maximum absolute atomic E-state index is 13.1. The summed E-state index contributed by atoms with van der Waals surface area (Å²) >= 11 is 0. The molecule has 0 spiro atoms. The quantitative estimate of drug-likeness (QED) is 0.230. The minimum atomic E-state index is -0.968. The van der Waals surface area contributed by atoms with Gasteiger partial charge in [0.2, 0.25) is 17.6 Å². The van der Waals surface area contributed by atoms with Gasteiger partial charge in [0.25, 0.3) is 0 Å². The average Bonchev–Trinajstić information content (AvgIpc) is 3.04. The number of hydrogen-bond acceptors (Lipinski definition) is 8. The average molecular weight is 637 g/mol. The SMILES string of the molecule is CO[C@@H]1/C=C/C=C/C=C/C[C@H](OC(=O)[C@@H](C)NC(=O)C2CCCCC2)[C@H](C)[C@H](O)/C(C)=C\CCC2=CC(=O)C=C(NC(=O)C1)C2=O. The fourth-order valence-corrected chi connectivity index (χ4v) is 5.73. The van der Waals surface area contributed by atoms with Crippen molar-refractivity contribution in [3.05, 3.63) is 71.5 Å². The molecule has 1 heterocycles. The third-order valence-electron chi connectivity index (χ3n) is 8.65. The van der Waals surface area contributed by atoms with Crippen molar-refractivity contribution in [3.8, 4) is 0 Å². The molecule has 0 radical (unpaired) electrons. The summed E-state index contributed by atoms with van der Waals surface area (Å²) in [5.74, 6) is -2.59. The second-order valence-electron chi connectivity index (χ2n) is 12.3. The number of aliphatic hydroxyl groups excluding tert-OH is 1. The fourth-order valence-electron chi connectivity index (χ4n) is 5.73. The smallest absolute Gasteiger partial charge is 0.328 e. The monoisotopic (exact) mass is 636 g/mol. The van der Waals surface area contributed by atoms with Crippen molar-refractivity contribution in [1.29, 1.82) is 0 Å². The van der Waals surface area contributed by atoms with Crippen LogP contribution in [0.15, 0.2) is 71.5 Å². The van der Waals surface area contributed by atoms with Crippen molar-refractivity contribution in [2.75, 3.05) is 7.11 Å². The lowest BCUT2D eigenvalue weighted by Crippen LogP contribution is -2.45. The number of aliphatic hydroxyl groups is 1. The summed E-state index contributed by atoms with van der Waals surface area (Å²) in [6.07, 6.45) is 18.1. The van der Waals surface area contributed by atoms with E-state index in [-0.39, 0.29) is 35.9 Å². The Balaban J connectivity index is 1.79. The summed E-state index contributed by atoms with van der Waals surface area (Å²) in [6.45, 7) is 5.16. The molecule has 3 N–H and O–H groups in total. The highest BCUT2D eigenvalue weighted by atomic mass is 16.5. The molecule has 2 amide bonds. The van der Waals surface area contributed by atoms with Crippen LogP contribution in [0.1, 0.15) is 78.6 Å². The predicted octanol–water partition coefficient (Wildman–Crippen LogP) is 4.26. The number of nitrogens with one attached hydrogen (secondary N) is 2. The molecule has 10 heteroatoms. The molecule has 0 unspecified atom stereocenters. The molecule has 3 aliphatic rings. The van der Waals surface area contributed by atoms with Crippen LogP contribution in [0, 0.1) is 11.8 Å². The second-order valence-corrected chi connectivity index (χ2v) is 12.3. The van der Waals surface area contributed by atoms with Gasteiger partial charge in [0.1, 0.15) is 12.1 Å². The minimum Gasteiger partial charge on any atom is -0.460 e. The van der Waals surface area contributed by atoms with Crippen LogP contribution in [0.2, 0.25) is 0 Å². The van der Waals surface area contributed by atoms with Crippen LogP contribution in [-0.2, 0) is 33.4 Å². The molecule has 5 atom stereocenters. The maximum atomic E-state index is 13.1. The molecule has 250 valence electrons. The predicted molar refractivity (Wildman–Crippen MR) is 174 cm³/mol. The van der Waals surface area contributed by atoms with Gasteiger partial charge in [0.05, 0.1) is 24.3 Å². The molecular weight excluding hydrogens is 588 g/mol. The van der Waals surface area contributed by atoms with Crippen molar-refractivity contribution in [3.63, 3.8) is 0 Å². The topological polar surface area (TPSA) is 148 Å². The lowest BCUT2D eigenvalue weighted by molar-refractivity contribution is -0.156. The second kappa shape index (κ2) is 18.3. The van der Waals surface area contributed by atoms with Gasteiger partial charge in [-0.2, -0.15) is 0 Å². The molecule has 10 nitrogen and oxygen atoms in total. The van der Waals surface area contributed by atoms with E-state index in [0.717, 1.165) is 38.2 Å². The Bertz CT molecular complexity index is 1310. The Kier molecular flexibility index (Phi) is 14.6. The summed E-state index contributed by atoms with van der Waals surface area (Å²) in [4.78, 5) is 63.8. The van der Waals surface area contributed by atoms with Crippen molar-refractivity contribution < 1.29 is 38.6 Å². The molecule has 1 fully saturated rings. The first kappa shape index (κ1) is 36.6. The van der Waals surface area contributed by atoms with Crippen LogP contribution in [-0.4, -0.2) is 65.9 Å².